The lowest BCUT2D eigenvalue weighted by Crippen LogP contribution is -2.38. The van der Waals surface area contributed by atoms with Crippen molar-refractivity contribution in [2.45, 2.75) is 18.9 Å². The molecular formula is C10H16N4O. The standard InChI is InChI=1S/C10H16N4O/c1-13-9(4-6-12-13)10(15)14(7-5-11)8-2-3-8/h4,6,8H,2-3,5,7,11H2,1H3. The van der Waals surface area contributed by atoms with Crippen LogP contribution < -0.4 is 5.73 Å². The smallest absolute Gasteiger partial charge is 0.272 e. The predicted octanol–water partition coefficient (Wildman–Crippen LogP) is -0.0166. The lowest BCUT2D eigenvalue weighted by Gasteiger charge is -2.21. The van der Waals surface area contributed by atoms with Crippen LogP contribution in [0.15, 0.2) is 12.3 Å². The van der Waals surface area contributed by atoms with Gasteiger partial charge in [-0.15, -0.1) is 0 Å². The summed E-state index contributed by atoms with van der Waals surface area (Å²) in [4.78, 5) is 14.0. The fourth-order valence-corrected chi connectivity index (χ4v) is 1.71. The van der Waals surface area contributed by atoms with E-state index in [1.807, 2.05) is 4.90 Å². The molecule has 5 nitrogen and oxygen atoms in total. The van der Waals surface area contributed by atoms with Crippen molar-refractivity contribution < 1.29 is 4.79 Å². The first kappa shape index (κ1) is 10.2. The topological polar surface area (TPSA) is 64.2 Å². The first-order valence-corrected chi connectivity index (χ1v) is 5.23. The van der Waals surface area contributed by atoms with Gasteiger partial charge in [0.2, 0.25) is 0 Å². The number of nitrogens with zero attached hydrogens (tertiary/aromatic N) is 3. The first-order chi connectivity index (χ1) is 7.24. The van der Waals surface area contributed by atoms with Crippen molar-refractivity contribution in [1.29, 1.82) is 0 Å². The van der Waals surface area contributed by atoms with Crippen molar-refractivity contribution in [1.82, 2.24) is 14.7 Å². The molecule has 0 saturated heterocycles. The van der Waals surface area contributed by atoms with Crippen molar-refractivity contribution in [2.75, 3.05) is 13.1 Å². The van der Waals surface area contributed by atoms with E-state index in [-0.39, 0.29) is 5.91 Å². The summed E-state index contributed by atoms with van der Waals surface area (Å²) in [6.45, 7) is 1.15. The second-order valence-corrected chi connectivity index (χ2v) is 3.86. The van der Waals surface area contributed by atoms with E-state index in [2.05, 4.69) is 5.10 Å². The molecule has 0 atom stereocenters. The molecule has 82 valence electrons. The Hall–Kier alpha value is -1.36. The van der Waals surface area contributed by atoms with Crippen LogP contribution in [0.1, 0.15) is 23.3 Å². The Morgan fingerprint density at radius 2 is 2.47 bits per heavy atom. The van der Waals surface area contributed by atoms with Gasteiger partial charge in [0, 0.05) is 32.4 Å². The molecule has 0 aliphatic heterocycles. The Morgan fingerprint density at radius 3 is 2.93 bits per heavy atom. The highest BCUT2D eigenvalue weighted by atomic mass is 16.2. The van der Waals surface area contributed by atoms with Crippen molar-refractivity contribution >= 4 is 5.91 Å². The van der Waals surface area contributed by atoms with Crippen LogP contribution in [0.5, 0.6) is 0 Å². The molecule has 1 aliphatic rings. The third kappa shape index (κ3) is 2.02. The van der Waals surface area contributed by atoms with Crippen LogP contribution in [0.3, 0.4) is 0 Å². The fourth-order valence-electron chi connectivity index (χ4n) is 1.71. The van der Waals surface area contributed by atoms with Crippen LogP contribution in [0.4, 0.5) is 0 Å². The number of aryl methyl sites for hydroxylation is 1. The molecule has 0 unspecified atom stereocenters. The summed E-state index contributed by atoms with van der Waals surface area (Å²) in [7, 11) is 1.78. The summed E-state index contributed by atoms with van der Waals surface area (Å²) < 4.78 is 1.61. The number of hydrogen-bond acceptors (Lipinski definition) is 3. The molecule has 0 aromatic carbocycles. The summed E-state index contributed by atoms with van der Waals surface area (Å²) in [5.41, 5.74) is 6.14. The van der Waals surface area contributed by atoms with Crippen LogP contribution >= 0.6 is 0 Å². The number of amides is 1. The summed E-state index contributed by atoms with van der Waals surface area (Å²) in [6.07, 6.45) is 3.84. The van der Waals surface area contributed by atoms with Gasteiger partial charge in [0.05, 0.1) is 0 Å². The number of carbonyl (C=O) groups is 1. The zero-order valence-corrected chi connectivity index (χ0v) is 8.89. The monoisotopic (exact) mass is 208 g/mol. The van der Waals surface area contributed by atoms with E-state index >= 15 is 0 Å². The van der Waals surface area contributed by atoms with Crippen molar-refractivity contribution in [3.63, 3.8) is 0 Å². The molecule has 1 amide bonds. The normalized spacial score (nSPS) is 15.3. The van der Waals surface area contributed by atoms with Crippen LogP contribution in [-0.2, 0) is 7.05 Å². The molecule has 15 heavy (non-hydrogen) atoms. The third-order valence-electron chi connectivity index (χ3n) is 2.66. The van der Waals surface area contributed by atoms with Gasteiger partial charge < -0.3 is 10.6 Å². The molecule has 0 spiro atoms. The van der Waals surface area contributed by atoms with Gasteiger partial charge in [-0.05, 0) is 18.9 Å². The number of rotatable bonds is 4. The highest BCUT2D eigenvalue weighted by molar-refractivity contribution is 5.92. The largest absolute Gasteiger partial charge is 0.333 e. The summed E-state index contributed by atoms with van der Waals surface area (Å²) in [5, 5.41) is 4.00. The lowest BCUT2D eigenvalue weighted by atomic mass is 10.3. The van der Waals surface area contributed by atoms with Gasteiger partial charge in [-0.3, -0.25) is 9.48 Å². The SMILES string of the molecule is Cn1nccc1C(=O)N(CCN)C1CC1. The predicted molar refractivity (Wildman–Crippen MR) is 56.3 cm³/mol. The molecule has 1 aliphatic carbocycles. The molecule has 1 aromatic rings. The zero-order chi connectivity index (χ0) is 10.8. The van der Waals surface area contributed by atoms with Crippen molar-refractivity contribution in [3.05, 3.63) is 18.0 Å². The lowest BCUT2D eigenvalue weighted by molar-refractivity contribution is 0.0737. The average Bonchev–Trinajstić information content (AvgIpc) is 2.97. The minimum absolute atomic E-state index is 0.0444. The van der Waals surface area contributed by atoms with E-state index in [1.165, 1.54) is 0 Å². The number of carbonyl (C=O) groups excluding carboxylic acids is 1. The van der Waals surface area contributed by atoms with E-state index in [1.54, 1.807) is 24.0 Å². The zero-order valence-electron chi connectivity index (χ0n) is 8.89. The molecular weight excluding hydrogens is 192 g/mol. The minimum atomic E-state index is 0.0444. The molecule has 1 aromatic heterocycles. The number of nitrogens with two attached hydrogens (primary N) is 1. The Labute approximate surface area is 88.8 Å². The second kappa shape index (κ2) is 4.02. The molecule has 0 bridgehead atoms. The highest BCUT2D eigenvalue weighted by Crippen LogP contribution is 2.27. The van der Waals surface area contributed by atoms with E-state index in [4.69, 9.17) is 5.73 Å². The molecule has 2 N–H and O–H groups in total. The molecule has 1 saturated carbocycles. The van der Waals surface area contributed by atoms with E-state index in [0.29, 0.717) is 24.8 Å². The minimum Gasteiger partial charge on any atom is -0.333 e. The van der Waals surface area contributed by atoms with Crippen LogP contribution in [-0.4, -0.2) is 39.7 Å². The quantitative estimate of drug-likeness (QED) is 0.756. The summed E-state index contributed by atoms with van der Waals surface area (Å²) in [6, 6.07) is 2.14. The summed E-state index contributed by atoms with van der Waals surface area (Å²) in [5.74, 6) is 0.0444. The molecule has 5 heteroatoms. The second-order valence-electron chi connectivity index (χ2n) is 3.86. The maximum absolute atomic E-state index is 12.1. The van der Waals surface area contributed by atoms with Crippen molar-refractivity contribution in [2.24, 2.45) is 12.8 Å². The Kier molecular flexibility index (Phi) is 2.73. The van der Waals surface area contributed by atoms with Gasteiger partial charge in [0.1, 0.15) is 5.69 Å². The number of hydrogen-bond donors (Lipinski definition) is 1. The maximum Gasteiger partial charge on any atom is 0.272 e. The average molecular weight is 208 g/mol. The molecule has 0 radical (unpaired) electrons. The molecule has 2 rings (SSSR count). The summed E-state index contributed by atoms with van der Waals surface area (Å²) >= 11 is 0. The number of aromatic nitrogens is 2. The van der Waals surface area contributed by atoms with Gasteiger partial charge in [0.15, 0.2) is 0 Å². The van der Waals surface area contributed by atoms with E-state index in [9.17, 15) is 4.79 Å². The van der Waals surface area contributed by atoms with Crippen LogP contribution in [0.25, 0.3) is 0 Å². The molecule has 1 heterocycles. The third-order valence-corrected chi connectivity index (χ3v) is 2.66. The fraction of sp³-hybridized carbons (Fsp3) is 0.600. The van der Waals surface area contributed by atoms with E-state index < -0.39 is 0 Å². The Morgan fingerprint density at radius 1 is 1.73 bits per heavy atom. The van der Waals surface area contributed by atoms with Gasteiger partial charge in [-0.1, -0.05) is 0 Å². The highest BCUT2D eigenvalue weighted by Gasteiger charge is 2.33. The van der Waals surface area contributed by atoms with Gasteiger partial charge >= 0.3 is 0 Å². The van der Waals surface area contributed by atoms with E-state index in [0.717, 1.165) is 12.8 Å². The Bertz CT molecular complexity index is 356. The van der Waals surface area contributed by atoms with Crippen molar-refractivity contribution in [3.8, 4) is 0 Å². The van der Waals surface area contributed by atoms with Crippen LogP contribution in [0, 0.1) is 0 Å². The Balaban J connectivity index is 2.14. The van der Waals surface area contributed by atoms with Gasteiger partial charge in [-0.25, -0.2) is 0 Å². The van der Waals surface area contributed by atoms with Gasteiger partial charge in [-0.2, -0.15) is 5.10 Å². The van der Waals surface area contributed by atoms with Crippen LogP contribution in [0.2, 0.25) is 0 Å². The van der Waals surface area contributed by atoms with Gasteiger partial charge in [0.25, 0.3) is 5.91 Å². The first-order valence-electron chi connectivity index (χ1n) is 5.23. The maximum atomic E-state index is 12.1. The molecule has 1 fully saturated rings.